The van der Waals surface area contributed by atoms with Crippen LogP contribution in [0.15, 0.2) is 23.1 Å². The van der Waals surface area contributed by atoms with Gasteiger partial charge in [-0.25, -0.2) is 4.39 Å². The molecule has 1 aromatic rings. The summed E-state index contributed by atoms with van der Waals surface area (Å²) in [6.45, 7) is 6.73. The molecule has 0 unspecified atom stereocenters. The summed E-state index contributed by atoms with van der Waals surface area (Å²) in [5.74, 6) is 1.38. The lowest BCUT2D eigenvalue weighted by Gasteiger charge is -2.09. The molecule has 0 aromatic heterocycles. The SMILES string of the molecule is COCCCSc1ccc(CNCC(C)C)cc1F. The van der Waals surface area contributed by atoms with Gasteiger partial charge < -0.3 is 10.1 Å². The zero-order valence-corrected chi connectivity index (χ0v) is 12.9. The number of hydrogen-bond donors (Lipinski definition) is 1. The topological polar surface area (TPSA) is 21.3 Å². The van der Waals surface area contributed by atoms with Crippen LogP contribution < -0.4 is 5.32 Å². The molecule has 0 aliphatic carbocycles. The normalized spacial score (nSPS) is 11.2. The van der Waals surface area contributed by atoms with E-state index in [2.05, 4.69) is 19.2 Å². The van der Waals surface area contributed by atoms with Crippen molar-refractivity contribution in [1.82, 2.24) is 5.32 Å². The van der Waals surface area contributed by atoms with Crippen LogP contribution in [0.25, 0.3) is 0 Å². The van der Waals surface area contributed by atoms with Crippen LogP contribution in [0.2, 0.25) is 0 Å². The highest BCUT2D eigenvalue weighted by Crippen LogP contribution is 2.23. The molecule has 1 rings (SSSR count). The van der Waals surface area contributed by atoms with E-state index in [1.807, 2.05) is 12.1 Å². The summed E-state index contributed by atoms with van der Waals surface area (Å²) >= 11 is 1.55. The Hall–Kier alpha value is -0.580. The second-order valence-electron chi connectivity index (χ2n) is 4.98. The fraction of sp³-hybridized carbons (Fsp3) is 0.600. The lowest BCUT2D eigenvalue weighted by atomic mass is 10.2. The van der Waals surface area contributed by atoms with Crippen LogP contribution >= 0.6 is 11.8 Å². The van der Waals surface area contributed by atoms with E-state index in [1.54, 1.807) is 24.9 Å². The molecule has 0 aliphatic rings. The van der Waals surface area contributed by atoms with Crippen LogP contribution in [-0.4, -0.2) is 26.0 Å². The third-order valence-corrected chi connectivity index (χ3v) is 3.76. The van der Waals surface area contributed by atoms with Gasteiger partial charge in [0.05, 0.1) is 0 Å². The summed E-state index contributed by atoms with van der Waals surface area (Å²) < 4.78 is 18.8. The first-order valence-corrected chi connectivity index (χ1v) is 7.73. The molecule has 2 nitrogen and oxygen atoms in total. The summed E-state index contributed by atoms with van der Waals surface area (Å²) in [5.41, 5.74) is 0.999. The van der Waals surface area contributed by atoms with Gasteiger partial charge in [-0.15, -0.1) is 11.8 Å². The van der Waals surface area contributed by atoms with Gasteiger partial charge in [0, 0.05) is 30.9 Å². The predicted octanol–water partition coefficient (Wildman–Crippen LogP) is 3.70. The number of benzene rings is 1. The van der Waals surface area contributed by atoms with E-state index in [1.165, 1.54) is 0 Å². The molecule has 19 heavy (non-hydrogen) atoms. The minimum Gasteiger partial charge on any atom is -0.385 e. The zero-order chi connectivity index (χ0) is 14.1. The van der Waals surface area contributed by atoms with E-state index in [0.29, 0.717) is 5.92 Å². The van der Waals surface area contributed by atoms with Gasteiger partial charge in [-0.1, -0.05) is 19.9 Å². The van der Waals surface area contributed by atoms with E-state index in [-0.39, 0.29) is 5.82 Å². The number of hydrogen-bond acceptors (Lipinski definition) is 3. The van der Waals surface area contributed by atoms with E-state index in [9.17, 15) is 4.39 Å². The van der Waals surface area contributed by atoms with Crippen molar-refractivity contribution in [3.8, 4) is 0 Å². The number of methoxy groups -OCH3 is 1. The highest BCUT2D eigenvalue weighted by Gasteiger charge is 2.04. The predicted molar refractivity (Wildman–Crippen MR) is 80.2 cm³/mol. The molecular formula is C15H24FNOS. The van der Waals surface area contributed by atoms with Crippen molar-refractivity contribution in [2.24, 2.45) is 5.92 Å². The third kappa shape index (κ3) is 6.95. The minimum absolute atomic E-state index is 0.119. The monoisotopic (exact) mass is 285 g/mol. The number of thioether (sulfide) groups is 1. The number of rotatable bonds is 9. The van der Waals surface area contributed by atoms with Crippen molar-refractivity contribution in [1.29, 1.82) is 0 Å². The van der Waals surface area contributed by atoms with Gasteiger partial charge in [-0.2, -0.15) is 0 Å². The highest BCUT2D eigenvalue weighted by molar-refractivity contribution is 7.99. The van der Waals surface area contributed by atoms with Gasteiger partial charge >= 0.3 is 0 Å². The summed E-state index contributed by atoms with van der Waals surface area (Å²) in [4.78, 5) is 0.726. The Balaban J connectivity index is 2.40. The third-order valence-electron chi connectivity index (χ3n) is 2.63. The maximum Gasteiger partial charge on any atom is 0.137 e. The molecule has 0 aliphatic heterocycles. The summed E-state index contributed by atoms with van der Waals surface area (Å²) in [5, 5.41) is 3.32. The number of halogens is 1. The Morgan fingerprint density at radius 1 is 1.37 bits per heavy atom. The Morgan fingerprint density at radius 2 is 2.16 bits per heavy atom. The smallest absolute Gasteiger partial charge is 0.137 e. The van der Waals surface area contributed by atoms with Crippen LogP contribution in [0.1, 0.15) is 25.8 Å². The fourth-order valence-corrected chi connectivity index (χ4v) is 2.51. The van der Waals surface area contributed by atoms with Crippen LogP contribution in [0.5, 0.6) is 0 Å². The van der Waals surface area contributed by atoms with Crippen molar-refractivity contribution in [2.75, 3.05) is 26.0 Å². The first kappa shape index (κ1) is 16.5. The van der Waals surface area contributed by atoms with Gasteiger partial charge in [0.15, 0.2) is 0 Å². The van der Waals surface area contributed by atoms with Gasteiger partial charge in [0.2, 0.25) is 0 Å². The number of nitrogens with one attached hydrogen (secondary N) is 1. The highest BCUT2D eigenvalue weighted by atomic mass is 32.2. The van der Waals surface area contributed by atoms with Crippen LogP contribution in [-0.2, 0) is 11.3 Å². The molecule has 0 amide bonds. The van der Waals surface area contributed by atoms with Gasteiger partial charge in [-0.3, -0.25) is 0 Å². The average Bonchev–Trinajstić information content (AvgIpc) is 2.36. The Bertz CT molecular complexity index is 371. The fourth-order valence-electron chi connectivity index (χ4n) is 1.66. The molecule has 0 fully saturated rings. The first-order chi connectivity index (χ1) is 9.13. The zero-order valence-electron chi connectivity index (χ0n) is 12.0. The van der Waals surface area contributed by atoms with E-state index in [4.69, 9.17) is 4.74 Å². The van der Waals surface area contributed by atoms with Gasteiger partial charge in [-0.05, 0) is 36.6 Å². The average molecular weight is 285 g/mol. The molecule has 4 heteroatoms. The quantitative estimate of drug-likeness (QED) is 0.552. The summed E-state index contributed by atoms with van der Waals surface area (Å²) in [6, 6.07) is 5.50. The molecule has 0 atom stereocenters. The van der Waals surface area contributed by atoms with E-state index < -0.39 is 0 Å². The largest absolute Gasteiger partial charge is 0.385 e. The van der Waals surface area contributed by atoms with Gasteiger partial charge in [0.1, 0.15) is 5.82 Å². The Labute approximate surface area is 120 Å². The van der Waals surface area contributed by atoms with Crippen LogP contribution in [0.3, 0.4) is 0 Å². The maximum atomic E-state index is 13.9. The van der Waals surface area contributed by atoms with Crippen LogP contribution in [0.4, 0.5) is 4.39 Å². The lowest BCUT2D eigenvalue weighted by molar-refractivity contribution is 0.200. The van der Waals surface area contributed by atoms with Crippen molar-refractivity contribution in [2.45, 2.75) is 31.7 Å². The molecule has 0 saturated carbocycles. The molecule has 1 N–H and O–H groups in total. The van der Waals surface area contributed by atoms with Crippen LogP contribution in [0, 0.1) is 11.7 Å². The Morgan fingerprint density at radius 3 is 2.79 bits per heavy atom. The lowest BCUT2D eigenvalue weighted by Crippen LogP contribution is -2.18. The number of ether oxygens (including phenoxy) is 1. The molecule has 108 valence electrons. The standard InChI is InChI=1S/C15H24FNOS/c1-12(2)10-17-11-13-5-6-15(14(16)9-13)19-8-4-7-18-3/h5-6,9,12,17H,4,7-8,10-11H2,1-3H3. The van der Waals surface area contributed by atoms with Crippen molar-refractivity contribution < 1.29 is 9.13 Å². The second-order valence-corrected chi connectivity index (χ2v) is 6.12. The second kappa shape index (κ2) is 9.34. The maximum absolute atomic E-state index is 13.9. The van der Waals surface area contributed by atoms with E-state index >= 15 is 0 Å². The minimum atomic E-state index is -0.119. The van der Waals surface area contributed by atoms with Crippen molar-refractivity contribution in [3.05, 3.63) is 29.6 Å². The van der Waals surface area contributed by atoms with E-state index in [0.717, 1.165) is 42.3 Å². The van der Waals surface area contributed by atoms with Gasteiger partial charge in [0.25, 0.3) is 0 Å². The molecule has 0 spiro atoms. The Kier molecular flexibility index (Phi) is 8.10. The van der Waals surface area contributed by atoms with Crippen molar-refractivity contribution >= 4 is 11.8 Å². The molecule has 0 radical (unpaired) electrons. The summed E-state index contributed by atoms with van der Waals surface area (Å²) in [7, 11) is 1.68. The summed E-state index contributed by atoms with van der Waals surface area (Å²) in [6.07, 6.45) is 0.943. The van der Waals surface area contributed by atoms with Crippen molar-refractivity contribution in [3.63, 3.8) is 0 Å². The molecular weight excluding hydrogens is 261 g/mol. The first-order valence-electron chi connectivity index (χ1n) is 6.74. The molecule has 0 saturated heterocycles. The molecule has 0 bridgehead atoms. The molecule has 1 aromatic carbocycles. The molecule has 0 heterocycles.